The summed E-state index contributed by atoms with van der Waals surface area (Å²) < 4.78 is 0. The molecule has 3 rings (SSSR count). The maximum atomic E-state index is 13.1. The first-order valence-corrected chi connectivity index (χ1v) is 9.26. The van der Waals surface area contributed by atoms with Crippen LogP contribution < -0.4 is 0 Å². The van der Waals surface area contributed by atoms with E-state index in [1.165, 1.54) is 6.42 Å². The predicted octanol–water partition coefficient (Wildman–Crippen LogP) is 2.79. The van der Waals surface area contributed by atoms with Gasteiger partial charge in [0, 0.05) is 36.7 Å². The van der Waals surface area contributed by atoms with Gasteiger partial charge in [-0.15, -0.1) is 0 Å². The van der Waals surface area contributed by atoms with E-state index in [4.69, 9.17) is 0 Å². The van der Waals surface area contributed by atoms with E-state index in [1.54, 1.807) is 18.6 Å². The molecule has 1 aliphatic heterocycles. The van der Waals surface area contributed by atoms with Crippen LogP contribution in [0.2, 0.25) is 0 Å². The Kier molecular flexibility index (Phi) is 5.93. The van der Waals surface area contributed by atoms with Gasteiger partial charge >= 0.3 is 0 Å². The molecule has 0 saturated carbocycles. The normalized spacial score (nSPS) is 17.5. The molecule has 6 nitrogen and oxygen atoms in total. The summed E-state index contributed by atoms with van der Waals surface area (Å²) in [5.74, 6) is 0.665. The van der Waals surface area contributed by atoms with Crippen molar-refractivity contribution in [3.05, 3.63) is 42.0 Å². The van der Waals surface area contributed by atoms with E-state index < -0.39 is 0 Å². The Morgan fingerprint density at radius 1 is 1.31 bits per heavy atom. The van der Waals surface area contributed by atoms with Gasteiger partial charge in [-0.2, -0.15) is 0 Å². The number of carbonyl (C=O) groups excluding carboxylic acids is 1. The minimum atomic E-state index is 0.0590. The molecule has 2 aromatic rings. The topological polar surface area (TPSA) is 62.2 Å². The van der Waals surface area contributed by atoms with Crippen LogP contribution >= 0.6 is 0 Å². The van der Waals surface area contributed by atoms with E-state index in [0.29, 0.717) is 17.4 Å². The fraction of sp³-hybridized carbons (Fsp3) is 0.500. The van der Waals surface area contributed by atoms with Gasteiger partial charge in [-0.3, -0.25) is 9.78 Å². The quantitative estimate of drug-likeness (QED) is 0.827. The van der Waals surface area contributed by atoms with Crippen molar-refractivity contribution >= 4 is 5.91 Å². The van der Waals surface area contributed by atoms with Gasteiger partial charge in [0.05, 0.1) is 11.3 Å². The second-order valence-corrected chi connectivity index (χ2v) is 7.17. The Hall–Kier alpha value is -2.34. The second-order valence-electron chi connectivity index (χ2n) is 7.17. The number of likely N-dealkylation sites (tertiary alicyclic amines) is 1. The van der Waals surface area contributed by atoms with Gasteiger partial charge in [0.25, 0.3) is 5.91 Å². The lowest BCUT2D eigenvalue weighted by Crippen LogP contribution is -2.45. The van der Waals surface area contributed by atoms with E-state index in [9.17, 15) is 4.79 Å². The van der Waals surface area contributed by atoms with Gasteiger partial charge in [0.2, 0.25) is 0 Å². The summed E-state index contributed by atoms with van der Waals surface area (Å²) in [6.07, 6.45) is 9.47. The molecule has 0 radical (unpaired) electrons. The molecule has 1 amide bonds. The molecule has 1 fully saturated rings. The Labute approximate surface area is 155 Å². The van der Waals surface area contributed by atoms with Gasteiger partial charge < -0.3 is 9.80 Å². The third-order valence-corrected chi connectivity index (χ3v) is 4.93. The maximum absolute atomic E-state index is 13.1. The molecule has 2 aromatic heterocycles. The molecule has 0 aliphatic carbocycles. The molecule has 3 heterocycles. The SMILES string of the molecule is Cc1nc(-c2cccnc2)ncc1C(=O)N1CCCC[C@@H]1CCN(C)C. The predicted molar refractivity (Wildman–Crippen MR) is 102 cm³/mol. The van der Waals surface area contributed by atoms with Gasteiger partial charge in [-0.05, 0) is 65.4 Å². The number of hydrogen-bond acceptors (Lipinski definition) is 5. The lowest BCUT2D eigenvalue weighted by molar-refractivity contribution is 0.0589. The van der Waals surface area contributed by atoms with Gasteiger partial charge in [-0.1, -0.05) is 0 Å². The van der Waals surface area contributed by atoms with E-state index in [-0.39, 0.29) is 5.91 Å². The molecular formula is C20H27N5O. The zero-order valence-electron chi connectivity index (χ0n) is 15.9. The molecule has 0 aromatic carbocycles. The van der Waals surface area contributed by atoms with Crippen LogP contribution in [0.5, 0.6) is 0 Å². The average Bonchev–Trinajstić information content (AvgIpc) is 2.66. The molecular weight excluding hydrogens is 326 g/mol. The van der Waals surface area contributed by atoms with Crippen LogP contribution in [0.15, 0.2) is 30.7 Å². The van der Waals surface area contributed by atoms with Gasteiger partial charge in [0.1, 0.15) is 0 Å². The number of pyridine rings is 1. The molecule has 1 saturated heterocycles. The standard InChI is InChI=1S/C20H27N5O/c1-15-18(14-22-19(23-15)16-7-6-10-21-13-16)20(26)25-11-5-4-8-17(25)9-12-24(2)3/h6-7,10,13-14,17H,4-5,8-9,11-12H2,1-3H3/t17-/m1/s1. The monoisotopic (exact) mass is 353 g/mol. The third-order valence-electron chi connectivity index (χ3n) is 4.93. The van der Waals surface area contributed by atoms with Crippen LogP contribution in [0.25, 0.3) is 11.4 Å². The van der Waals surface area contributed by atoms with Crippen LogP contribution in [0.4, 0.5) is 0 Å². The highest BCUT2D eigenvalue weighted by molar-refractivity contribution is 5.95. The van der Waals surface area contributed by atoms with Crippen LogP contribution in [-0.4, -0.2) is 63.9 Å². The molecule has 0 N–H and O–H groups in total. The summed E-state index contributed by atoms with van der Waals surface area (Å²) in [4.78, 5) is 30.4. The van der Waals surface area contributed by atoms with Crippen molar-refractivity contribution in [3.63, 3.8) is 0 Å². The minimum absolute atomic E-state index is 0.0590. The average molecular weight is 353 g/mol. The minimum Gasteiger partial charge on any atom is -0.336 e. The van der Waals surface area contributed by atoms with E-state index >= 15 is 0 Å². The highest BCUT2D eigenvalue weighted by Crippen LogP contribution is 2.23. The first kappa shape index (κ1) is 18.5. The van der Waals surface area contributed by atoms with Crippen molar-refractivity contribution in [3.8, 4) is 11.4 Å². The first-order valence-electron chi connectivity index (χ1n) is 9.26. The smallest absolute Gasteiger partial charge is 0.257 e. The van der Waals surface area contributed by atoms with Crippen LogP contribution in [-0.2, 0) is 0 Å². The van der Waals surface area contributed by atoms with Gasteiger partial charge in [-0.25, -0.2) is 9.97 Å². The highest BCUT2D eigenvalue weighted by Gasteiger charge is 2.28. The van der Waals surface area contributed by atoms with Crippen molar-refractivity contribution in [2.75, 3.05) is 27.2 Å². The number of piperidine rings is 1. The van der Waals surface area contributed by atoms with Crippen molar-refractivity contribution < 1.29 is 4.79 Å². The van der Waals surface area contributed by atoms with Crippen molar-refractivity contribution in [1.29, 1.82) is 0 Å². The number of amides is 1. The summed E-state index contributed by atoms with van der Waals surface area (Å²) in [6.45, 7) is 3.69. The molecule has 1 atom stereocenters. The largest absolute Gasteiger partial charge is 0.336 e. The molecule has 1 aliphatic rings. The van der Waals surface area contributed by atoms with E-state index in [1.807, 2.05) is 24.0 Å². The van der Waals surface area contributed by atoms with Crippen LogP contribution in [0.1, 0.15) is 41.7 Å². The second kappa shape index (κ2) is 8.36. The van der Waals surface area contributed by atoms with Crippen molar-refractivity contribution in [1.82, 2.24) is 24.8 Å². The fourth-order valence-corrected chi connectivity index (χ4v) is 3.44. The Bertz CT molecular complexity index is 747. The molecule has 0 bridgehead atoms. The number of carbonyl (C=O) groups is 1. The zero-order chi connectivity index (χ0) is 18.5. The van der Waals surface area contributed by atoms with Crippen LogP contribution in [0.3, 0.4) is 0 Å². The zero-order valence-corrected chi connectivity index (χ0v) is 15.9. The van der Waals surface area contributed by atoms with Gasteiger partial charge in [0.15, 0.2) is 5.82 Å². The number of hydrogen-bond donors (Lipinski definition) is 0. The van der Waals surface area contributed by atoms with Crippen LogP contribution in [0, 0.1) is 6.92 Å². The highest BCUT2D eigenvalue weighted by atomic mass is 16.2. The number of nitrogens with zero attached hydrogens (tertiary/aromatic N) is 5. The van der Waals surface area contributed by atoms with E-state index in [0.717, 1.165) is 43.6 Å². The summed E-state index contributed by atoms with van der Waals surface area (Å²) >= 11 is 0. The lowest BCUT2D eigenvalue weighted by atomic mass is 9.98. The Balaban J connectivity index is 1.79. The van der Waals surface area contributed by atoms with Crippen molar-refractivity contribution in [2.24, 2.45) is 0 Å². The lowest BCUT2D eigenvalue weighted by Gasteiger charge is -2.36. The summed E-state index contributed by atoms with van der Waals surface area (Å²) in [5.41, 5.74) is 2.19. The number of rotatable bonds is 5. The Morgan fingerprint density at radius 2 is 2.15 bits per heavy atom. The van der Waals surface area contributed by atoms with E-state index in [2.05, 4.69) is 33.9 Å². The molecule has 0 unspecified atom stereocenters. The molecule has 26 heavy (non-hydrogen) atoms. The Morgan fingerprint density at radius 3 is 2.85 bits per heavy atom. The number of aromatic nitrogens is 3. The molecule has 6 heteroatoms. The molecule has 138 valence electrons. The molecule has 0 spiro atoms. The summed E-state index contributed by atoms with van der Waals surface area (Å²) in [7, 11) is 4.15. The third kappa shape index (κ3) is 4.25. The first-order chi connectivity index (χ1) is 12.6. The summed E-state index contributed by atoms with van der Waals surface area (Å²) in [5, 5.41) is 0. The number of aryl methyl sites for hydroxylation is 1. The maximum Gasteiger partial charge on any atom is 0.257 e. The fourth-order valence-electron chi connectivity index (χ4n) is 3.44. The summed E-state index contributed by atoms with van der Waals surface area (Å²) in [6, 6.07) is 4.08. The van der Waals surface area contributed by atoms with Crippen molar-refractivity contribution in [2.45, 2.75) is 38.6 Å².